The molecule has 0 radical (unpaired) electrons. The predicted molar refractivity (Wildman–Crippen MR) is 99.3 cm³/mol. The van der Waals surface area contributed by atoms with Crippen molar-refractivity contribution >= 4 is 11.6 Å². The molecular weight excluding hydrogens is 330 g/mol. The van der Waals surface area contributed by atoms with Crippen LogP contribution in [0.1, 0.15) is 5.69 Å². The number of nitrogens with zero attached hydrogens (tertiary/aromatic N) is 4. The fourth-order valence-electron chi connectivity index (χ4n) is 2.43. The molecule has 134 valence electrons. The summed E-state index contributed by atoms with van der Waals surface area (Å²) in [4.78, 5) is 15.5. The Morgan fingerprint density at radius 2 is 2.00 bits per heavy atom. The van der Waals surface area contributed by atoms with Crippen LogP contribution in [-0.2, 0) is 11.3 Å². The number of nitrogens with one attached hydrogen (secondary N) is 1. The van der Waals surface area contributed by atoms with Gasteiger partial charge in [-0.3, -0.25) is 4.79 Å². The van der Waals surface area contributed by atoms with Gasteiger partial charge < -0.3 is 15.0 Å². The number of benzene rings is 2. The van der Waals surface area contributed by atoms with E-state index < -0.39 is 0 Å². The van der Waals surface area contributed by atoms with Crippen molar-refractivity contribution in [2.45, 2.75) is 6.54 Å². The minimum Gasteiger partial charge on any atom is -0.497 e. The minimum absolute atomic E-state index is 0.0397. The Labute approximate surface area is 152 Å². The molecule has 7 nitrogen and oxygen atoms in total. The summed E-state index contributed by atoms with van der Waals surface area (Å²) in [5.74, 6) is 0.704. The third-order valence-corrected chi connectivity index (χ3v) is 3.86. The summed E-state index contributed by atoms with van der Waals surface area (Å²) in [7, 11) is 3.36. The molecule has 3 aromatic rings. The van der Waals surface area contributed by atoms with E-state index in [2.05, 4.69) is 15.5 Å². The van der Waals surface area contributed by atoms with Crippen LogP contribution in [0.5, 0.6) is 5.75 Å². The lowest BCUT2D eigenvalue weighted by atomic mass is 10.3. The van der Waals surface area contributed by atoms with E-state index in [1.165, 1.54) is 0 Å². The van der Waals surface area contributed by atoms with Gasteiger partial charge in [-0.15, -0.1) is 0 Å². The van der Waals surface area contributed by atoms with Crippen LogP contribution in [0.4, 0.5) is 5.69 Å². The zero-order valence-corrected chi connectivity index (χ0v) is 14.8. The van der Waals surface area contributed by atoms with Gasteiger partial charge in [0, 0.05) is 18.8 Å². The molecule has 26 heavy (non-hydrogen) atoms. The van der Waals surface area contributed by atoms with Crippen LogP contribution < -0.4 is 10.1 Å². The molecule has 0 fully saturated rings. The van der Waals surface area contributed by atoms with E-state index >= 15 is 0 Å². The predicted octanol–water partition coefficient (Wildman–Crippen LogP) is 2.35. The highest BCUT2D eigenvalue weighted by Crippen LogP contribution is 2.16. The van der Waals surface area contributed by atoms with Gasteiger partial charge in [-0.2, -0.15) is 15.0 Å². The maximum absolute atomic E-state index is 12.3. The van der Waals surface area contributed by atoms with E-state index in [0.29, 0.717) is 6.54 Å². The molecule has 1 amide bonds. The average molecular weight is 351 g/mol. The van der Waals surface area contributed by atoms with Gasteiger partial charge in [0.25, 0.3) is 0 Å². The summed E-state index contributed by atoms with van der Waals surface area (Å²) < 4.78 is 5.17. The number of para-hydroxylation sites is 1. The van der Waals surface area contributed by atoms with E-state index in [9.17, 15) is 4.79 Å². The number of amides is 1. The first-order valence-corrected chi connectivity index (χ1v) is 8.24. The van der Waals surface area contributed by atoms with Crippen LogP contribution in [0.3, 0.4) is 0 Å². The number of rotatable bonds is 7. The van der Waals surface area contributed by atoms with Crippen molar-refractivity contribution in [3.63, 3.8) is 0 Å². The summed E-state index contributed by atoms with van der Waals surface area (Å²) in [6, 6.07) is 17.1. The van der Waals surface area contributed by atoms with E-state index in [-0.39, 0.29) is 12.5 Å². The Morgan fingerprint density at radius 3 is 2.77 bits per heavy atom. The number of likely N-dealkylation sites (N-methyl/N-ethyl adjacent to an activating group) is 1. The monoisotopic (exact) mass is 351 g/mol. The lowest BCUT2D eigenvalue weighted by Gasteiger charge is -2.16. The number of anilines is 1. The first-order valence-electron chi connectivity index (χ1n) is 8.24. The third-order valence-electron chi connectivity index (χ3n) is 3.86. The molecular formula is C19H21N5O2. The number of aromatic nitrogens is 3. The molecule has 0 saturated heterocycles. The molecule has 2 aromatic carbocycles. The van der Waals surface area contributed by atoms with Gasteiger partial charge in [-0.05, 0) is 24.3 Å². The number of carbonyl (C=O) groups is 1. The maximum Gasteiger partial charge on any atom is 0.241 e. The first-order chi connectivity index (χ1) is 12.7. The van der Waals surface area contributed by atoms with Crippen LogP contribution in [0.15, 0.2) is 60.8 Å². The molecule has 0 aliphatic heterocycles. The van der Waals surface area contributed by atoms with Crippen molar-refractivity contribution in [3.8, 4) is 11.4 Å². The van der Waals surface area contributed by atoms with Crippen LogP contribution in [0.2, 0.25) is 0 Å². The summed E-state index contributed by atoms with van der Waals surface area (Å²) in [6.45, 7) is 0.585. The normalized spacial score (nSPS) is 10.4. The van der Waals surface area contributed by atoms with Gasteiger partial charge in [0.1, 0.15) is 11.4 Å². The number of hydrogen-bond acceptors (Lipinski definition) is 5. The summed E-state index contributed by atoms with van der Waals surface area (Å²) in [6.07, 6.45) is 1.67. The Balaban J connectivity index is 1.55. The second kappa shape index (κ2) is 8.15. The maximum atomic E-state index is 12.3. The topological polar surface area (TPSA) is 72.3 Å². The zero-order chi connectivity index (χ0) is 18.4. The Bertz CT molecular complexity index is 863. The smallest absolute Gasteiger partial charge is 0.241 e. The second-order valence-corrected chi connectivity index (χ2v) is 5.80. The Kier molecular flexibility index (Phi) is 5.48. The molecule has 0 spiro atoms. The minimum atomic E-state index is -0.0397. The first kappa shape index (κ1) is 17.5. The summed E-state index contributed by atoms with van der Waals surface area (Å²) in [5.41, 5.74) is 2.44. The lowest BCUT2D eigenvalue weighted by Crippen LogP contribution is -2.31. The van der Waals surface area contributed by atoms with Crippen LogP contribution in [0, 0.1) is 0 Å². The van der Waals surface area contributed by atoms with Crippen LogP contribution in [0.25, 0.3) is 5.69 Å². The highest BCUT2D eigenvalue weighted by atomic mass is 16.5. The average Bonchev–Trinajstić information content (AvgIpc) is 3.15. The lowest BCUT2D eigenvalue weighted by molar-refractivity contribution is -0.128. The standard InChI is InChI=1S/C19H21N5O2/c1-23(19(25)13-20-15-7-6-10-18(11-15)26-2)14-16-12-21-24(22-16)17-8-4-3-5-9-17/h3-12,20H,13-14H2,1-2H3. The van der Waals surface area contributed by atoms with E-state index in [0.717, 1.165) is 22.8 Å². The molecule has 1 heterocycles. The van der Waals surface area contributed by atoms with Crippen LogP contribution >= 0.6 is 0 Å². The van der Waals surface area contributed by atoms with Crippen LogP contribution in [-0.4, -0.2) is 46.5 Å². The van der Waals surface area contributed by atoms with Gasteiger partial charge in [0.05, 0.1) is 32.1 Å². The molecule has 1 aromatic heterocycles. The van der Waals surface area contributed by atoms with Gasteiger partial charge in [-0.25, -0.2) is 0 Å². The van der Waals surface area contributed by atoms with Crippen molar-refractivity contribution < 1.29 is 9.53 Å². The van der Waals surface area contributed by atoms with Gasteiger partial charge in [0.15, 0.2) is 0 Å². The van der Waals surface area contributed by atoms with Gasteiger partial charge >= 0.3 is 0 Å². The van der Waals surface area contributed by atoms with E-state index in [1.54, 1.807) is 30.1 Å². The zero-order valence-electron chi connectivity index (χ0n) is 14.8. The molecule has 0 unspecified atom stereocenters. The van der Waals surface area contributed by atoms with E-state index in [4.69, 9.17) is 4.74 Å². The van der Waals surface area contributed by atoms with Crippen molar-refractivity contribution in [2.24, 2.45) is 0 Å². The largest absolute Gasteiger partial charge is 0.497 e. The second-order valence-electron chi connectivity index (χ2n) is 5.80. The fraction of sp³-hybridized carbons (Fsp3) is 0.211. The highest BCUT2D eigenvalue weighted by molar-refractivity contribution is 5.80. The summed E-state index contributed by atoms with van der Waals surface area (Å²) >= 11 is 0. The number of ether oxygens (including phenoxy) is 1. The SMILES string of the molecule is COc1cccc(NCC(=O)N(C)Cc2cnn(-c3ccccc3)n2)c1. The molecule has 0 bridgehead atoms. The van der Waals surface area contributed by atoms with Crippen molar-refractivity contribution in [2.75, 3.05) is 26.0 Å². The van der Waals surface area contributed by atoms with Crippen molar-refractivity contribution in [3.05, 3.63) is 66.5 Å². The van der Waals surface area contributed by atoms with E-state index in [1.807, 2.05) is 54.6 Å². The Morgan fingerprint density at radius 1 is 1.19 bits per heavy atom. The third kappa shape index (κ3) is 4.38. The molecule has 0 saturated carbocycles. The number of carbonyl (C=O) groups excluding carboxylic acids is 1. The Hall–Kier alpha value is -3.35. The van der Waals surface area contributed by atoms with Gasteiger partial charge in [0.2, 0.25) is 5.91 Å². The van der Waals surface area contributed by atoms with Crippen molar-refractivity contribution in [1.29, 1.82) is 0 Å². The highest BCUT2D eigenvalue weighted by Gasteiger charge is 2.12. The molecule has 3 rings (SSSR count). The fourth-order valence-corrected chi connectivity index (χ4v) is 2.43. The molecule has 0 atom stereocenters. The summed E-state index contributed by atoms with van der Waals surface area (Å²) in [5, 5.41) is 11.8. The molecule has 1 N–H and O–H groups in total. The van der Waals surface area contributed by atoms with Gasteiger partial charge in [-0.1, -0.05) is 24.3 Å². The number of hydrogen-bond donors (Lipinski definition) is 1. The quantitative estimate of drug-likeness (QED) is 0.707. The molecule has 0 aliphatic carbocycles. The number of methoxy groups -OCH3 is 1. The molecule has 0 aliphatic rings. The van der Waals surface area contributed by atoms with Crippen molar-refractivity contribution in [1.82, 2.24) is 19.9 Å². The molecule has 7 heteroatoms.